The van der Waals surface area contributed by atoms with Gasteiger partial charge >= 0.3 is 0 Å². The minimum absolute atomic E-state index is 0.111. The van der Waals surface area contributed by atoms with Crippen molar-refractivity contribution < 1.29 is 13.6 Å². The molecule has 0 aromatic carbocycles. The molecule has 0 amide bonds. The highest BCUT2D eigenvalue weighted by atomic mass is 19.3. The topological polar surface area (TPSA) is 80.9 Å². The fourth-order valence-electron chi connectivity index (χ4n) is 2.25. The quantitative estimate of drug-likeness (QED) is 0.788. The van der Waals surface area contributed by atoms with Crippen molar-refractivity contribution >= 4 is 5.78 Å². The molecule has 0 radical (unpaired) electrons. The van der Waals surface area contributed by atoms with E-state index in [1.54, 1.807) is 6.92 Å². The fourth-order valence-corrected chi connectivity index (χ4v) is 2.25. The number of alkyl halides is 2. The van der Waals surface area contributed by atoms with Crippen molar-refractivity contribution in [3.05, 3.63) is 23.3 Å². The maximum atomic E-state index is 14.0. The third kappa shape index (κ3) is 2.76. The predicted octanol–water partition coefficient (Wildman–Crippen LogP) is 0.639. The molecule has 3 N–H and O–H groups in total. The summed E-state index contributed by atoms with van der Waals surface area (Å²) in [5.74, 6) is -4.04. The second-order valence-corrected chi connectivity index (χ2v) is 4.62. The first-order valence-electron chi connectivity index (χ1n) is 6.11. The van der Waals surface area contributed by atoms with Crippen LogP contribution in [0.3, 0.4) is 0 Å². The third-order valence-electron chi connectivity index (χ3n) is 3.23. The molecule has 2 rings (SSSR count). The lowest BCUT2D eigenvalue weighted by Gasteiger charge is -2.32. The number of nitrogens with one attached hydrogen (secondary N) is 1. The van der Waals surface area contributed by atoms with Crippen LogP contribution in [0.5, 0.6) is 0 Å². The Morgan fingerprint density at radius 1 is 1.63 bits per heavy atom. The monoisotopic (exact) mass is 270 g/mol. The number of hydrogen-bond acceptors (Lipinski definition) is 5. The van der Waals surface area contributed by atoms with Gasteiger partial charge in [-0.2, -0.15) is 0 Å². The number of Topliss-reactive ketones (excluding diaryl/α,β-unsaturated/α-hetero) is 1. The number of nitrogens with zero attached hydrogens (tertiary/aromatic N) is 2. The summed E-state index contributed by atoms with van der Waals surface area (Å²) in [7, 11) is 0. The van der Waals surface area contributed by atoms with E-state index in [1.165, 1.54) is 6.20 Å². The van der Waals surface area contributed by atoms with E-state index in [-0.39, 0.29) is 24.2 Å². The van der Waals surface area contributed by atoms with Crippen LogP contribution >= 0.6 is 0 Å². The van der Waals surface area contributed by atoms with Gasteiger partial charge in [0.1, 0.15) is 5.82 Å². The van der Waals surface area contributed by atoms with Crippen LogP contribution in [-0.2, 0) is 0 Å². The van der Waals surface area contributed by atoms with Gasteiger partial charge in [-0.05, 0) is 19.9 Å². The van der Waals surface area contributed by atoms with Gasteiger partial charge in [0.25, 0.3) is 5.92 Å². The molecule has 5 nitrogen and oxygen atoms in total. The van der Waals surface area contributed by atoms with E-state index in [9.17, 15) is 13.6 Å². The zero-order valence-corrected chi connectivity index (χ0v) is 10.6. The van der Waals surface area contributed by atoms with Gasteiger partial charge in [0.05, 0.1) is 30.3 Å². The van der Waals surface area contributed by atoms with Crippen molar-refractivity contribution in [3.63, 3.8) is 0 Å². The molecule has 1 aromatic rings. The maximum absolute atomic E-state index is 14.0. The molecule has 7 heteroatoms. The van der Waals surface area contributed by atoms with E-state index >= 15 is 0 Å². The lowest BCUT2D eigenvalue weighted by molar-refractivity contribution is -0.0434. The normalized spacial score (nSPS) is 22.2. The Labute approximate surface area is 109 Å². The Kier molecular flexibility index (Phi) is 3.86. The van der Waals surface area contributed by atoms with Gasteiger partial charge in [-0.3, -0.25) is 4.79 Å². The van der Waals surface area contributed by atoms with E-state index in [4.69, 9.17) is 5.73 Å². The zero-order chi connectivity index (χ0) is 14.0. The molecule has 0 saturated carbocycles. The summed E-state index contributed by atoms with van der Waals surface area (Å²) < 4.78 is 27.9. The number of ketones is 1. The molecule has 1 unspecified atom stereocenters. The standard InChI is InChI=1S/C12H16F2N4O/c1-7-17-5-8(10(19)4-15)11(18-7)9-2-3-16-6-12(9,13)14/h5,9,16H,2-4,6,15H2,1H3. The number of carbonyl (C=O) groups is 1. The third-order valence-corrected chi connectivity index (χ3v) is 3.23. The van der Waals surface area contributed by atoms with Crippen LogP contribution in [0.15, 0.2) is 6.20 Å². The van der Waals surface area contributed by atoms with Crippen molar-refractivity contribution in [2.45, 2.75) is 25.2 Å². The lowest BCUT2D eigenvalue weighted by Crippen LogP contribution is -2.45. The Morgan fingerprint density at radius 2 is 2.37 bits per heavy atom. The number of rotatable bonds is 3. The van der Waals surface area contributed by atoms with E-state index in [0.717, 1.165) is 0 Å². The summed E-state index contributed by atoms with van der Waals surface area (Å²) >= 11 is 0. The molecule has 1 saturated heterocycles. The Balaban J connectivity index is 2.47. The number of aryl methyl sites for hydroxylation is 1. The second kappa shape index (κ2) is 5.26. The molecule has 2 heterocycles. The van der Waals surface area contributed by atoms with Crippen molar-refractivity contribution in [2.75, 3.05) is 19.6 Å². The smallest absolute Gasteiger partial charge is 0.268 e. The highest BCUT2D eigenvalue weighted by Crippen LogP contribution is 2.38. The zero-order valence-electron chi connectivity index (χ0n) is 10.6. The summed E-state index contributed by atoms with van der Waals surface area (Å²) in [6, 6.07) is 0. The molecular weight excluding hydrogens is 254 g/mol. The van der Waals surface area contributed by atoms with Gasteiger partial charge in [0.2, 0.25) is 0 Å². The van der Waals surface area contributed by atoms with Gasteiger partial charge in [0.15, 0.2) is 5.78 Å². The van der Waals surface area contributed by atoms with Gasteiger partial charge in [-0.1, -0.05) is 0 Å². The number of nitrogens with two attached hydrogens (primary N) is 1. The minimum Gasteiger partial charge on any atom is -0.324 e. The summed E-state index contributed by atoms with van der Waals surface area (Å²) in [6.07, 6.45) is 1.53. The molecule has 0 bridgehead atoms. The number of piperidine rings is 1. The molecule has 0 aliphatic carbocycles. The average molecular weight is 270 g/mol. The molecule has 1 aromatic heterocycles. The summed E-state index contributed by atoms with van der Waals surface area (Å²) in [4.78, 5) is 19.7. The highest BCUT2D eigenvalue weighted by molar-refractivity contribution is 5.98. The predicted molar refractivity (Wildman–Crippen MR) is 65.3 cm³/mol. The highest BCUT2D eigenvalue weighted by Gasteiger charge is 2.44. The average Bonchev–Trinajstić information content (AvgIpc) is 2.37. The number of hydrogen-bond donors (Lipinski definition) is 2. The van der Waals surface area contributed by atoms with E-state index in [1.807, 2.05) is 0 Å². The molecular formula is C12H16F2N4O. The van der Waals surface area contributed by atoms with Crippen LogP contribution in [0.2, 0.25) is 0 Å². The Morgan fingerprint density at radius 3 is 3.00 bits per heavy atom. The summed E-state index contributed by atoms with van der Waals surface area (Å²) in [5.41, 5.74) is 5.53. The van der Waals surface area contributed by atoms with Crippen LogP contribution < -0.4 is 11.1 Å². The van der Waals surface area contributed by atoms with E-state index in [0.29, 0.717) is 12.4 Å². The summed E-state index contributed by atoms with van der Waals surface area (Å²) in [5, 5.41) is 2.65. The van der Waals surface area contributed by atoms with Gasteiger partial charge < -0.3 is 11.1 Å². The largest absolute Gasteiger partial charge is 0.324 e. The number of aromatic nitrogens is 2. The molecule has 1 aliphatic rings. The van der Waals surface area contributed by atoms with Crippen LogP contribution in [0.4, 0.5) is 8.78 Å². The molecule has 1 atom stereocenters. The molecule has 1 fully saturated rings. The lowest BCUT2D eigenvalue weighted by atomic mass is 9.87. The van der Waals surface area contributed by atoms with Crippen molar-refractivity contribution in [2.24, 2.45) is 5.73 Å². The molecule has 1 aliphatic heterocycles. The Bertz CT molecular complexity index is 493. The molecule has 104 valence electrons. The van der Waals surface area contributed by atoms with Crippen molar-refractivity contribution in [1.82, 2.24) is 15.3 Å². The first-order valence-corrected chi connectivity index (χ1v) is 6.11. The first kappa shape index (κ1) is 14.0. The van der Waals surface area contributed by atoms with Crippen molar-refractivity contribution in [3.8, 4) is 0 Å². The molecule has 19 heavy (non-hydrogen) atoms. The van der Waals surface area contributed by atoms with Crippen LogP contribution in [0.25, 0.3) is 0 Å². The van der Waals surface area contributed by atoms with Crippen molar-refractivity contribution in [1.29, 1.82) is 0 Å². The minimum atomic E-state index is -2.93. The Hall–Kier alpha value is -1.47. The maximum Gasteiger partial charge on any atom is 0.268 e. The van der Waals surface area contributed by atoms with Crippen LogP contribution in [-0.4, -0.2) is 41.3 Å². The fraction of sp³-hybridized carbons (Fsp3) is 0.583. The van der Waals surface area contributed by atoms with Gasteiger partial charge in [0, 0.05) is 6.20 Å². The number of carbonyl (C=O) groups excluding carboxylic acids is 1. The van der Waals surface area contributed by atoms with Crippen LogP contribution in [0, 0.1) is 6.92 Å². The van der Waals surface area contributed by atoms with E-state index < -0.39 is 24.2 Å². The second-order valence-electron chi connectivity index (χ2n) is 4.62. The van der Waals surface area contributed by atoms with E-state index in [2.05, 4.69) is 15.3 Å². The number of halogens is 2. The van der Waals surface area contributed by atoms with Gasteiger partial charge in [-0.25, -0.2) is 18.7 Å². The summed E-state index contributed by atoms with van der Waals surface area (Å²) in [6.45, 7) is 1.44. The van der Waals surface area contributed by atoms with Crippen LogP contribution in [0.1, 0.15) is 34.2 Å². The molecule has 0 spiro atoms. The van der Waals surface area contributed by atoms with Gasteiger partial charge in [-0.15, -0.1) is 0 Å². The SMILES string of the molecule is Cc1ncc(C(=O)CN)c(C2CCNCC2(F)F)n1. The first-order chi connectivity index (χ1) is 8.95.